The van der Waals surface area contributed by atoms with Crippen LogP contribution in [0.5, 0.6) is 0 Å². The lowest BCUT2D eigenvalue weighted by molar-refractivity contribution is 0.0419. The number of ether oxygens (including phenoxy) is 1. The molecule has 102 valence electrons. The molecule has 1 aliphatic heterocycles. The van der Waals surface area contributed by atoms with Crippen LogP contribution in [0.4, 0.5) is 0 Å². The normalized spacial score (nSPS) is 20.8. The molecule has 1 unspecified atom stereocenters. The third-order valence-corrected chi connectivity index (χ3v) is 3.60. The SMILES string of the molecule is COC(C)CN(C)CC(C)(C)N1CCNCC1. The van der Waals surface area contributed by atoms with Gasteiger partial charge in [-0.2, -0.15) is 0 Å². The lowest BCUT2D eigenvalue weighted by atomic mass is 10.0. The summed E-state index contributed by atoms with van der Waals surface area (Å²) in [6.07, 6.45) is 0.304. The van der Waals surface area contributed by atoms with Crippen LogP contribution in [0.25, 0.3) is 0 Å². The largest absolute Gasteiger partial charge is 0.380 e. The van der Waals surface area contributed by atoms with Crippen molar-refractivity contribution >= 4 is 0 Å². The summed E-state index contributed by atoms with van der Waals surface area (Å²) in [4.78, 5) is 4.95. The van der Waals surface area contributed by atoms with Gasteiger partial charge in [0.1, 0.15) is 0 Å². The van der Waals surface area contributed by atoms with Gasteiger partial charge in [-0.3, -0.25) is 4.90 Å². The van der Waals surface area contributed by atoms with Crippen molar-refractivity contribution in [3.05, 3.63) is 0 Å². The molecule has 0 spiro atoms. The Morgan fingerprint density at radius 3 is 2.47 bits per heavy atom. The van der Waals surface area contributed by atoms with E-state index in [2.05, 4.69) is 42.9 Å². The quantitative estimate of drug-likeness (QED) is 0.741. The molecule has 0 aliphatic carbocycles. The molecule has 0 saturated carbocycles. The van der Waals surface area contributed by atoms with E-state index in [0.29, 0.717) is 6.10 Å². The van der Waals surface area contributed by atoms with Crippen LogP contribution in [0.3, 0.4) is 0 Å². The van der Waals surface area contributed by atoms with Crippen molar-refractivity contribution in [1.29, 1.82) is 0 Å². The van der Waals surface area contributed by atoms with Gasteiger partial charge >= 0.3 is 0 Å². The van der Waals surface area contributed by atoms with E-state index >= 15 is 0 Å². The number of hydrogen-bond donors (Lipinski definition) is 1. The summed E-state index contributed by atoms with van der Waals surface area (Å²) in [7, 11) is 3.96. The molecule has 1 fully saturated rings. The van der Waals surface area contributed by atoms with Crippen molar-refractivity contribution < 1.29 is 4.74 Å². The first kappa shape index (κ1) is 14.9. The number of hydrogen-bond acceptors (Lipinski definition) is 4. The molecule has 0 aromatic heterocycles. The van der Waals surface area contributed by atoms with Gasteiger partial charge in [0.15, 0.2) is 0 Å². The van der Waals surface area contributed by atoms with E-state index in [-0.39, 0.29) is 5.54 Å². The first-order valence-electron chi connectivity index (χ1n) is 6.63. The van der Waals surface area contributed by atoms with Crippen molar-refractivity contribution in [2.75, 3.05) is 53.4 Å². The second-order valence-corrected chi connectivity index (χ2v) is 5.79. The Kier molecular flexibility index (Phi) is 5.86. The second kappa shape index (κ2) is 6.69. The van der Waals surface area contributed by atoms with Crippen LogP contribution in [0, 0.1) is 0 Å². The topological polar surface area (TPSA) is 27.7 Å². The van der Waals surface area contributed by atoms with E-state index in [9.17, 15) is 0 Å². The zero-order valence-electron chi connectivity index (χ0n) is 12.1. The predicted molar refractivity (Wildman–Crippen MR) is 72.5 cm³/mol. The molecule has 0 aromatic carbocycles. The Bertz CT molecular complexity index is 215. The highest BCUT2D eigenvalue weighted by atomic mass is 16.5. The molecule has 1 N–H and O–H groups in total. The molecular weight excluding hydrogens is 214 g/mol. The summed E-state index contributed by atoms with van der Waals surface area (Å²) in [5.41, 5.74) is 0.240. The number of likely N-dealkylation sites (N-methyl/N-ethyl adjacent to an activating group) is 1. The van der Waals surface area contributed by atoms with Crippen LogP contribution in [-0.2, 0) is 4.74 Å². The van der Waals surface area contributed by atoms with E-state index in [1.807, 2.05) is 0 Å². The van der Waals surface area contributed by atoms with Crippen LogP contribution in [0.2, 0.25) is 0 Å². The second-order valence-electron chi connectivity index (χ2n) is 5.79. The molecule has 4 nitrogen and oxygen atoms in total. The van der Waals surface area contributed by atoms with Gasteiger partial charge in [-0.25, -0.2) is 0 Å². The van der Waals surface area contributed by atoms with Crippen molar-refractivity contribution in [3.8, 4) is 0 Å². The van der Waals surface area contributed by atoms with Crippen LogP contribution in [-0.4, -0.2) is 74.9 Å². The number of methoxy groups -OCH3 is 1. The molecule has 1 aliphatic rings. The summed E-state index contributed by atoms with van der Waals surface area (Å²) < 4.78 is 5.32. The van der Waals surface area contributed by atoms with E-state index < -0.39 is 0 Å². The van der Waals surface area contributed by atoms with Crippen LogP contribution in [0.15, 0.2) is 0 Å². The summed E-state index contributed by atoms with van der Waals surface area (Å²) in [5.74, 6) is 0. The van der Waals surface area contributed by atoms with Crippen molar-refractivity contribution in [2.24, 2.45) is 0 Å². The fourth-order valence-corrected chi connectivity index (χ4v) is 2.61. The fourth-order valence-electron chi connectivity index (χ4n) is 2.61. The first-order chi connectivity index (χ1) is 7.95. The van der Waals surface area contributed by atoms with Crippen LogP contribution >= 0.6 is 0 Å². The monoisotopic (exact) mass is 243 g/mol. The van der Waals surface area contributed by atoms with Crippen LogP contribution in [0.1, 0.15) is 20.8 Å². The third kappa shape index (κ3) is 4.92. The molecule has 1 heterocycles. The molecule has 4 heteroatoms. The lowest BCUT2D eigenvalue weighted by Crippen LogP contribution is -2.57. The first-order valence-corrected chi connectivity index (χ1v) is 6.63. The average Bonchev–Trinajstić information content (AvgIpc) is 2.29. The smallest absolute Gasteiger partial charge is 0.0670 e. The molecule has 1 atom stereocenters. The molecule has 1 saturated heterocycles. The number of rotatable bonds is 6. The lowest BCUT2D eigenvalue weighted by Gasteiger charge is -2.43. The van der Waals surface area contributed by atoms with Gasteiger partial charge in [0.05, 0.1) is 6.10 Å². The molecule has 0 amide bonds. The zero-order valence-corrected chi connectivity index (χ0v) is 12.1. The van der Waals surface area contributed by atoms with E-state index in [1.54, 1.807) is 7.11 Å². The molecule has 1 rings (SSSR count). The Morgan fingerprint density at radius 2 is 1.94 bits per heavy atom. The summed E-state index contributed by atoms with van der Waals surface area (Å²) in [5, 5.41) is 3.41. The highest BCUT2D eigenvalue weighted by Crippen LogP contribution is 2.16. The minimum atomic E-state index is 0.240. The molecule has 0 aromatic rings. The van der Waals surface area contributed by atoms with Gasteiger partial charge in [0, 0.05) is 51.9 Å². The average molecular weight is 243 g/mol. The van der Waals surface area contributed by atoms with Gasteiger partial charge in [-0.05, 0) is 27.8 Å². The van der Waals surface area contributed by atoms with E-state index in [1.165, 1.54) is 0 Å². The number of nitrogens with one attached hydrogen (secondary N) is 1. The van der Waals surface area contributed by atoms with E-state index in [4.69, 9.17) is 4.74 Å². The van der Waals surface area contributed by atoms with E-state index in [0.717, 1.165) is 39.3 Å². The summed E-state index contributed by atoms with van der Waals surface area (Å²) in [6, 6.07) is 0. The van der Waals surface area contributed by atoms with Crippen molar-refractivity contribution in [1.82, 2.24) is 15.1 Å². The number of nitrogens with zero attached hydrogens (tertiary/aromatic N) is 2. The summed E-state index contributed by atoms with van der Waals surface area (Å²) >= 11 is 0. The Balaban J connectivity index is 2.41. The maximum absolute atomic E-state index is 5.32. The van der Waals surface area contributed by atoms with Gasteiger partial charge in [0.25, 0.3) is 0 Å². The fraction of sp³-hybridized carbons (Fsp3) is 1.00. The molecule has 17 heavy (non-hydrogen) atoms. The maximum atomic E-state index is 5.32. The molecular formula is C13H29N3O. The standard InChI is InChI=1S/C13H29N3O/c1-12(17-5)10-15(4)11-13(2,3)16-8-6-14-7-9-16/h12,14H,6-11H2,1-5H3. The van der Waals surface area contributed by atoms with Gasteiger partial charge in [-0.15, -0.1) is 0 Å². The zero-order chi connectivity index (χ0) is 12.9. The Hall–Kier alpha value is -0.160. The highest BCUT2D eigenvalue weighted by Gasteiger charge is 2.29. The maximum Gasteiger partial charge on any atom is 0.0670 e. The van der Waals surface area contributed by atoms with Gasteiger partial charge in [0.2, 0.25) is 0 Å². The van der Waals surface area contributed by atoms with Gasteiger partial charge in [-0.1, -0.05) is 0 Å². The minimum absolute atomic E-state index is 0.240. The highest BCUT2D eigenvalue weighted by molar-refractivity contribution is 4.87. The summed E-state index contributed by atoms with van der Waals surface area (Å²) in [6.45, 7) is 13.4. The van der Waals surface area contributed by atoms with Crippen LogP contribution < -0.4 is 5.32 Å². The number of piperazine rings is 1. The van der Waals surface area contributed by atoms with Crippen molar-refractivity contribution in [3.63, 3.8) is 0 Å². The minimum Gasteiger partial charge on any atom is -0.380 e. The third-order valence-electron chi connectivity index (χ3n) is 3.60. The van der Waals surface area contributed by atoms with Crippen molar-refractivity contribution in [2.45, 2.75) is 32.4 Å². The predicted octanol–water partition coefficient (Wildman–Crippen LogP) is 0.637. The van der Waals surface area contributed by atoms with Gasteiger partial charge < -0.3 is 15.0 Å². The molecule has 0 bridgehead atoms. The Labute approximate surface area is 106 Å². The molecule has 0 radical (unpaired) electrons. The Morgan fingerprint density at radius 1 is 1.35 bits per heavy atom.